The number of aryl methyl sites for hydroxylation is 1. The van der Waals surface area contributed by atoms with Gasteiger partial charge in [0.1, 0.15) is 0 Å². The van der Waals surface area contributed by atoms with E-state index < -0.39 is 0 Å². The van der Waals surface area contributed by atoms with Gasteiger partial charge >= 0.3 is 5.69 Å². The smallest absolute Gasteiger partial charge is 0.330 e. The molecule has 0 spiro atoms. The number of aromatic nitrogens is 2. The van der Waals surface area contributed by atoms with E-state index in [0.717, 1.165) is 61.3 Å². The molecule has 0 amide bonds. The van der Waals surface area contributed by atoms with Gasteiger partial charge in [0.25, 0.3) is 5.56 Å². The lowest BCUT2D eigenvalue weighted by atomic mass is 10.1. The normalized spacial score (nSPS) is 11.2. The number of nitrogens with zero attached hydrogens (tertiary/aromatic N) is 3. The average Bonchev–Trinajstić information content (AvgIpc) is 2.63. The Morgan fingerprint density at radius 3 is 2.31 bits per heavy atom. The van der Waals surface area contributed by atoms with Gasteiger partial charge in [-0.05, 0) is 56.5 Å². The fraction of sp³-hybridized carbons (Fsp3) is 0.500. The van der Waals surface area contributed by atoms with E-state index in [1.54, 1.807) is 17.7 Å². The van der Waals surface area contributed by atoms with Crippen LogP contribution in [-0.4, -0.2) is 33.7 Å². The summed E-state index contributed by atoms with van der Waals surface area (Å²) in [5, 5.41) is 0. The van der Waals surface area contributed by atoms with Crippen LogP contribution in [0, 0.1) is 0 Å². The van der Waals surface area contributed by atoms with E-state index >= 15 is 0 Å². The van der Waals surface area contributed by atoms with Gasteiger partial charge in [-0.3, -0.25) is 9.36 Å². The van der Waals surface area contributed by atoms with Gasteiger partial charge < -0.3 is 15.2 Å². The van der Waals surface area contributed by atoms with Gasteiger partial charge in [-0.15, -0.1) is 0 Å². The predicted molar refractivity (Wildman–Crippen MR) is 107 cm³/mol. The largest absolute Gasteiger partial charge is 0.399 e. The van der Waals surface area contributed by atoms with E-state index in [4.69, 9.17) is 5.73 Å². The molecule has 2 rings (SSSR count). The van der Waals surface area contributed by atoms with Crippen molar-refractivity contribution in [1.82, 2.24) is 14.0 Å². The third-order valence-corrected chi connectivity index (χ3v) is 4.77. The molecule has 0 saturated carbocycles. The third kappa shape index (κ3) is 5.33. The van der Waals surface area contributed by atoms with Crippen molar-refractivity contribution in [2.75, 3.05) is 25.4 Å². The first-order valence-electron chi connectivity index (χ1n) is 9.25. The highest BCUT2D eigenvalue weighted by atomic mass is 16.2. The van der Waals surface area contributed by atoms with Gasteiger partial charge in [0, 0.05) is 38.1 Å². The average molecular weight is 358 g/mol. The number of rotatable bonds is 9. The van der Waals surface area contributed by atoms with E-state index in [-0.39, 0.29) is 11.2 Å². The van der Waals surface area contributed by atoms with Crippen LogP contribution in [0.5, 0.6) is 0 Å². The summed E-state index contributed by atoms with van der Waals surface area (Å²) >= 11 is 0. The summed E-state index contributed by atoms with van der Waals surface area (Å²) in [5.41, 5.74) is 8.11. The van der Waals surface area contributed by atoms with Crippen molar-refractivity contribution in [2.24, 2.45) is 14.1 Å². The Kier molecular flexibility index (Phi) is 7.21. The molecule has 0 aliphatic rings. The molecule has 0 aliphatic heterocycles. The van der Waals surface area contributed by atoms with Crippen molar-refractivity contribution in [2.45, 2.75) is 32.6 Å². The number of anilines is 1. The summed E-state index contributed by atoms with van der Waals surface area (Å²) in [5.74, 6) is 0. The van der Waals surface area contributed by atoms with Crippen LogP contribution in [0.4, 0.5) is 5.69 Å². The first-order chi connectivity index (χ1) is 12.4. The molecular formula is C20H30N4O2. The molecule has 0 bridgehead atoms. The molecule has 0 atom stereocenters. The molecule has 6 heteroatoms. The van der Waals surface area contributed by atoms with Gasteiger partial charge in [0.05, 0.1) is 0 Å². The molecule has 142 valence electrons. The van der Waals surface area contributed by atoms with Gasteiger partial charge in [0.2, 0.25) is 0 Å². The van der Waals surface area contributed by atoms with Crippen LogP contribution in [0.25, 0.3) is 0 Å². The lowest BCUT2D eigenvalue weighted by Crippen LogP contribution is -2.38. The van der Waals surface area contributed by atoms with Crippen molar-refractivity contribution in [3.05, 3.63) is 62.4 Å². The SMILES string of the molecule is CCCN(CCCc1cc(=O)n(C)c(=O)n1C)CCc1ccc(N)cc1. The molecule has 0 fully saturated rings. The van der Waals surface area contributed by atoms with Crippen LogP contribution in [0.15, 0.2) is 39.9 Å². The van der Waals surface area contributed by atoms with E-state index in [1.165, 1.54) is 12.6 Å². The number of hydrogen-bond acceptors (Lipinski definition) is 4. The summed E-state index contributed by atoms with van der Waals surface area (Å²) in [4.78, 5) is 26.3. The van der Waals surface area contributed by atoms with Crippen molar-refractivity contribution >= 4 is 5.69 Å². The molecule has 1 heterocycles. The standard InChI is InChI=1S/C20H30N4O2/c1-4-12-24(14-11-16-7-9-17(21)10-8-16)13-5-6-18-15-19(25)23(3)20(26)22(18)2/h7-10,15H,4-6,11-14,21H2,1-3H3. The minimum atomic E-state index is -0.263. The van der Waals surface area contributed by atoms with Crippen LogP contribution in [-0.2, 0) is 26.9 Å². The highest BCUT2D eigenvalue weighted by molar-refractivity contribution is 5.39. The topological polar surface area (TPSA) is 73.3 Å². The first kappa shape index (κ1) is 20.0. The fourth-order valence-corrected chi connectivity index (χ4v) is 3.13. The molecule has 2 aromatic rings. The number of nitrogen functional groups attached to an aromatic ring is 1. The Labute approximate surface area is 154 Å². The lowest BCUT2D eigenvalue weighted by Gasteiger charge is -2.22. The minimum Gasteiger partial charge on any atom is -0.399 e. The summed E-state index contributed by atoms with van der Waals surface area (Å²) in [7, 11) is 3.23. The maximum absolute atomic E-state index is 12.0. The van der Waals surface area contributed by atoms with Crippen molar-refractivity contribution in [3.8, 4) is 0 Å². The Bertz CT molecular complexity index is 821. The molecule has 0 radical (unpaired) electrons. The van der Waals surface area contributed by atoms with E-state index in [9.17, 15) is 9.59 Å². The predicted octanol–water partition coefficient (Wildman–Crippen LogP) is 1.55. The Balaban J connectivity index is 1.91. The quantitative estimate of drug-likeness (QED) is 0.691. The van der Waals surface area contributed by atoms with Crippen molar-refractivity contribution in [1.29, 1.82) is 0 Å². The van der Waals surface area contributed by atoms with E-state index in [2.05, 4.69) is 24.0 Å². The highest BCUT2D eigenvalue weighted by Crippen LogP contribution is 2.08. The first-order valence-corrected chi connectivity index (χ1v) is 9.25. The second-order valence-electron chi connectivity index (χ2n) is 6.81. The zero-order valence-corrected chi connectivity index (χ0v) is 16.1. The van der Waals surface area contributed by atoms with Gasteiger partial charge in [-0.1, -0.05) is 19.1 Å². The van der Waals surface area contributed by atoms with E-state index in [0.29, 0.717) is 0 Å². The van der Waals surface area contributed by atoms with E-state index in [1.807, 2.05) is 12.1 Å². The van der Waals surface area contributed by atoms with Crippen LogP contribution in [0.2, 0.25) is 0 Å². The molecule has 2 N–H and O–H groups in total. The van der Waals surface area contributed by atoms with Crippen molar-refractivity contribution < 1.29 is 0 Å². The van der Waals surface area contributed by atoms with Gasteiger partial charge in [-0.2, -0.15) is 0 Å². The Hall–Kier alpha value is -2.34. The molecule has 0 unspecified atom stereocenters. The maximum atomic E-state index is 12.0. The Morgan fingerprint density at radius 2 is 1.65 bits per heavy atom. The van der Waals surface area contributed by atoms with Crippen LogP contribution < -0.4 is 17.0 Å². The van der Waals surface area contributed by atoms with Crippen LogP contribution in [0.1, 0.15) is 31.0 Å². The van der Waals surface area contributed by atoms with Crippen LogP contribution in [0.3, 0.4) is 0 Å². The minimum absolute atomic E-state index is 0.239. The van der Waals surface area contributed by atoms with Gasteiger partial charge in [0.15, 0.2) is 0 Å². The molecule has 0 aliphatic carbocycles. The zero-order valence-electron chi connectivity index (χ0n) is 16.1. The monoisotopic (exact) mass is 358 g/mol. The van der Waals surface area contributed by atoms with Gasteiger partial charge in [-0.25, -0.2) is 4.79 Å². The van der Waals surface area contributed by atoms with Crippen molar-refractivity contribution in [3.63, 3.8) is 0 Å². The third-order valence-electron chi connectivity index (χ3n) is 4.77. The lowest BCUT2D eigenvalue weighted by molar-refractivity contribution is 0.273. The molecule has 1 aromatic carbocycles. The fourth-order valence-electron chi connectivity index (χ4n) is 3.13. The second-order valence-corrected chi connectivity index (χ2v) is 6.81. The molecule has 26 heavy (non-hydrogen) atoms. The van der Waals surface area contributed by atoms with Crippen LogP contribution >= 0.6 is 0 Å². The molecule has 1 aromatic heterocycles. The number of hydrogen-bond donors (Lipinski definition) is 1. The molecular weight excluding hydrogens is 328 g/mol. The summed E-state index contributed by atoms with van der Waals surface area (Å²) < 4.78 is 2.71. The summed E-state index contributed by atoms with van der Waals surface area (Å²) in [6.45, 7) is 5.17. The molecule has 6 nitrogen and oxygen atoms in total. The maximum Gasteiger partial charge on any atom is 0.330 e. The second kappa shape index (κ2) is 9.38. The Morgan fingerprint density at radius 1 is 0.962 bits per heavy atom. The number of benzene rings is 1. The highest BCUT2D eigenvalue weighted by Gasteiger charge is 2.08. The zero-order chi connectivity index (χ0) is 19.1. The number of nitrogens with two attached hydrogens (primary N) is 1. The summed E-state index contributed by atoms with van der Waals surface area (Å²) in [6.07, 6.45) is 3.74. The summed E-state index contributed by atoms with van der Waals surface area (Å²) in [6, 6.07) is 9.61. The molecule has 0 saturated heterocycles.